The number of nitrogens with one attached hydrogen (secondary N) is 1. The van der Waals surface area contributed by atoms with Crippen molar-refractivity contribution in [2.24, 2.45) is 5.92 Å². The molecule has 1 aromatic heterocycles. The fraction of sp³-hybridized carbons (Fsp3) is 0.375. The van der Waals surface area contributed by atoms with Crippen LogP contribution in [-0.2, 0) is 4.74 Å². The summed E-state index contributed by atoms with van der Waals surface area (Å²) in [6.07, 6.45) is 2.54. The van der Waals surface area contributed by atoms with Crippen LogP contribution in [0.5, 0.6) is 0 Å². The van der Waals surface area contributed by atoms with Crippen molar-refractivity contribution >= 4 is 28.3 Å². The molecule has 1 aliphatic carbocycles. The molecule has 2 aromatic rings. The van der Waals surface area contributed by atoms with Crippen molar-refractivity contribution in [3.05, 3.63) is 41.2 Å². The molecule has 1 N–H and O–H groups in total. The van der Waals surface area contributed by atoms with Gasteiger partial charge in [0.05, 0.1) is 6.61 Å². The maximum Gasteiger partial charge on any atom is 0.270 e. The van der Waals surface area contributed by atoms with E-state index in [1.54, 1.807) is 6.07 Å². The zero-order valence-electron chi connectivity index (χ0n) is 11.6. The largest absolute Gasteiger partial charge is 0.379 e. The number of aromatic nitrogens is 1. The number of hydrogen-bond acceptors (Lipinski definition) is 3. The normalized spacial score (nSPS) is 14.3. The number of pyridine rings is 1. The highest BCUT2D eigenvalue weighted by Gasteiger charge is 2.20. The lowest BCUT2D eigenvalue weighted by Crippen LogP contribution is -2.28. The summed E-state index contributed by atoms with van der Waals surface area (Å²) in [7, 11) is 0. The minimum Gasteiger partial charge on any atom is -0.379 e. The van der Waals surface area contributed by atoms with Gasteiger partial charge in [0.1, 0.15) is 10.8 Å². The van der Waals surface area contributed by atoms with Crippen LogP contribution in [0.25, 0.3) is 10.8 Å². The van der Waals surface area contributed by atoms with Gasteiger partial charge < -0.3 is 10.1 Å². The average molecular weight is 305 g/mol. The van der Waals surface area contributed by atoms with Crippen LogP contribution >= 0.6 is 11.6 Å². The van der Waals surface area contributed by atoms with Crippen molar-refractivity contribution in [1.29, 1.82) is 0 Å². The summed E-state index contributed by atoms with van der Waals surface area (Å²) in [5.41, 5.74) is 0.334. The predicted molar refractivity (Wildman–Crippen MR) is 82.6 cm³/mol. The molecule has 1 heterocycles. The third-order valence-electron chi connectivity index (χ3n) is 3.51. The quantitative estimate of drug-likeness (QED) is 0.659. The molecule has 110 valence electrons. The Morgan fingerprint density at radius 1 is 1.38 bits per heavy atom. The van der Waals surface area contributed by atoms with E-state index in [-0.39, 0.29) is 5.91 Å². The average Bonchev–Trinajstić information content (AvgIpc) is 3.31. The predicted octanol–water partition coefficient (Wildman–Crippen LogP) is 3.04. The third kappa shape index (κ3) is 3.71. The van der Waals surface area contributed by atoms with Crippen molar-refractivity contribution in [3.63, 3.8) is 0 Å². The molecule has 1 amide bonds. The van der Waals surface area contributed by atoms with E-state index in [2.05, 4.69) is 10.3 Å². The smallest absolute Gasteiger partial charge is 0.270 e. The van der Waals surface area contributed by atoms with Gasteiger partial charge in [0.15, 0.2) is 0 Å². The molecule has 1 fully saturated rings. The van der Waals surface area contributed by atoms with E-state index >= 15 is 0 Å². The van der Waals surface area contributed by atoms with Crippen LogP contribution in [0, 0.1) is 5.92 Å². The molecule has 0 unspecified atom stereocenters. The molecule has 0 aliphatic heterocycles. The number of ether oxygens (including phenoxy) is 1. The molecule has 0 atom stereocenters. The highest BCUT2D eigenvalue weighted by Crippen LogP contribution is 2.28. The van der Waals surface area contributed by atoms with Gasteiger partial charge in [-0.3, -0.25) is 4.79 Å². The molecule has 1 aromatic carbocycles. The van der Waals surface area contributed by atoms with E-state index in [0.29, 0.717) is 24.0 Å². The summed E-state index contributed by atoms with van der Waals surface area (Å²) in [4.78, 5) is 16.2. The number of amides is 1. The molecule has 0 saturated heterocycles. The van der Waals surface area contributed by atoms with Gasteiger partial charge in [0.25, 0.3) is 5.91 Å². The standard InChI is InChI=1S/C16H17ClN2O2/c17-15-13-4-2-1-3-12(13)9-14(19-15)16(20)18-7-8-21-10-11-5-6-11/h1-4,9,11H,5-8,10H2,(H,18,20). The lowest BCUT2D eigenvalue weighted by atomic mass is 10.1. The molecule has 4 nitrogen and oxygen atoms in total. The first kappa shape index (κ1) is 14.3. The Labute approximate surface area is 128 Å². The van der Waals surface area contributed by atoms with Gasteiger partial charge in [-0.1, -0.05) is 35.9 Å². The van der Waals surface area contributed by atoms with Crippen LogP contribution in [0.4, 0.5) is 0 Å². The van der Waals surface area contributed by atoms with Crippen molar-refractivity contribution in [2.45, 2.75) is 12.8 Å². The Morgan fingerprint density at radius 3 is 3.00 bits per heavy atom. The Morgan fingerprint density at radius 2 is 2.19 bits per heavy atom. The summed E-state index contributed by atoms with van der Waals surface area (Å²) in [5, 5.41) is 4.91. The Balaban J connectivity index is 1.58. The molecular weight excluding hydrogens is 288 g/mol. The highest BCUT2D eigenvalue weighted by atomic mass is 35.5. The summed E-state index contributed by atoms with van der Waals surface area (Å²) in [5.74, 6) is 0.513. The van der Waals surface area contributed by atoms with Crippen molar-refractivity contribution < 1.29 is 9.53 Å². The molecule has 3 rings (SSSR count). The minimum atomic E-state index is -0.224. The maximum atomic E-state index is 12.1. The Hall–Kier alpha value is -1.65. The lowest BCUT2D eigenvalue weighted by molar-refractivity contribution is 0.0902. The van der Waals surface area contributed by atoms with Crippen LogP contribution in [-0.4, -0.2) is 30.6 Å². The van der Waals surface area contributed by atoms with E-state index < -0.39 is 0 Å². The second-order valence-corrected chi connectivity index (χ2v) is 5.65. The Kier molecular flexibility index (Phi) is 4.36. The molecule has 0 bridgehead atoms. The summed E-state index contributed by atoms with van der Waals surface area (Å²) < 4.78 is 5.48. The zero-order chi connectivity index (χ0) is 14.7. The van der Waals surface area contributed by atoms with E-state index in [9.17, 15) is 4.79 Å². The number of carbonyl (C=O) groups excluding carboxylic acids is 1. The molecule has 0 radical (unpaired) electrons. The summed E-state index contributed by atoms with van der Waals surface area (Å²) >= 11 is 6.12. The Bertz CT molecular complexity index is 656. The minimum absolute atomic E-state index is 0.224. The first-order valence-corrected chi connectivity index (χ1v) is 7.53. The second-order valence-electron chi connectivity index (χ2n) is 5.29. The van der Waals surface area contributed by atoms with Crippen LogP contribution < -0.4 is 5.32 Å². The number of carbonyl (C=O) groups is 1. The maximum absolute atomic E-state index is 12.1. The lowest BCUT2D eigenvalue weighted by Gasteiger charge is -2.07. The molecule has 21 heavy (non-hydrogen) atoms. The summed E-state index contributed by atoms with van der Waals surface area (Å²) in [6.45, 7) is 1.82. The number of fused-ring (bicyclic) bond motifs is 1. The van der Waals surface area contributed by atoms with Crippen molar-refractivity contribution in [1.82, 2.24) is 10.3 Å². The second kappa shape index (κ2) is 6.41. The first-order chi connectivity index (χ1) is 10.2. The third-order valence-corrected chi connectivity index (χ3v) is 3.80. The monoisotopic (exact) mass is 304 g/mol. The number of benzene rings is 1. The topological polar surface area (TPSA) is 51.2 Å². The molecular formula is C16H17ClN2O2. The fourth-order valence-electron chi connectivity index (χ4n) is 2.13. The van der Waals surface area contributed by atoms with Gasteiger partial charge >= 0.3 is 0 Å². The first-order valence-electron chi connectivity index (χ1n) is 7.15. The number of halogens is 1. The van der Waals surface area contributed by atoms with Crippen LogP contribution in [0.15, 0.2) is 30.3 Å². The van der Waals surface area contributed by atoms with E-state index in [1.165, 1.54) is 12.8 Å². The summed E-state index contributed by atoms with van der Waals surface area (Å²) in [6, 6.07) is 9.36. The van der Waals surface area contributed by atoms with Gasteiger partial charge in [-0.2, -0.15) is 0 Å². The molecule has 5 heteroatoms. The number of nitrogens with zero attached hydrogens (tertiary/aromatic N) is 1. The SMILES string of the molecule is O=C(NCCOCC1CC1)c1cc2ccccc2c(Cl)n1. The van der Waals surface area contributed by atoms with Gasteiger partial charge in [-0.25, -0.2) is 4.98 Å². The number of hydrogen-bond donors (Lipinski definition) is 1. The van der Waals surface area contributed by atoms with Crippen molar-refractivity contribution in [3.8, 4) is 0 Å². The van der Waals surface area contributed by atoms with Gasteiger partial charge in [-0.15, -0.1) is 0 Å². The van der Waals surface area contributed by atoms with Gasteiger partial charge in [0, 0.05) is 18.5 Å². The van der Waals surface area contributed by atoms with E-state index in [0.717, 1.165) is 23.3 Å². The van der Waals surface area contributed by atoms with Gasteiger partial charge in [-0.05, 0) is 30.2 Å². The molecule has 1 aliphatic rings. The van der Waals surface area contributed by atoms with Crippen LogP contribution in [0.3, 0.4) is 0 Å². The van der Waals surface area contributed by atoms with E-state index in [4.69, 9.17) is 16.3 Å². The van der Waals surface area contributed by atoms with Gasteiger partial charge in [0.2, 0.25) is 0 Å². The van der Waals surface area contributed by atoms with Crippen molar-refractivity contribution in [2.75, 3.05) is 19.8 Å². The zero-order valence-corrected chi connectivity index (χ0v) is 12.4. The van der Waals surface area contributed by atoms with Crippen LogP contribution in [0.1, 0.15) is 23.3 Å². The fourth-order valence-corrected chi connectivity index (χ4v) is 2.40. The highest BCUT2D eigenvalue weighted by molar-refractivity contribution is 6.34. The molecule has 1 saturated carbocycles. The van der Waals surface area contributed by atoms with Crippen LogP contribution in [0.2, 0.25) is 5.15 Å². The number of rotatable bonds is 6. The van der Waals surface area contributed by atoms with E-state index in [1.807, 2.05) is 24.3 Å². The molecule has 0 spiro atoms.